The minimum absolute atomic E-state index is 0.153. The largest absolute Gasteiger partial charge is 0.508 e. The Morgan fingerprint density at radius 3 is 2.82 bits per heavy atom. The fraction of sp³-hybridized carbons (Fsp3) is 0.125. The maximum absolute atomic E-state index is 14.1. The summed E-state index contributed by atoms with van der Waals surface area (Å²) >= 11 is 0. The molecule has 4 aromatic rings. The number of para-hydroxylation sites is 1. The molecule has 5 rings (SSSR count). The first kappa shape index (κ1) is 21.1. The average Bonchev–Trinajstić information content (AvgIpc) is 3.23. The van der Waals surface area contributed by atoms with Crippen LogP contribution in [0.15, 0.2) is 61.1 Å². The van der Waals surface area contributed by atoms with E-state index in [0.29, 0.717) is 34.4 Å². The van der Waals surface area contributed by atoms with Crippen molar-refractivity contribution < 1.29 is 14.3 Å². The Balaban J connectivity index is 1.68. The molecule has 168 valence electrons. The predicted molar refractivity (Wildman–Crippen MR) is 124 cm³/mol. The summed E-state index contributed by atoms with van der Waals surface area (Å²) in [4.78, 5) is 26.1. The predicted octanol–water partition coefficient (Wildman–Crippen LogP) is 3.48. The molecule has 1 unspecified atom stereocenters. The van der Waals surface area contributed by atoms with E-state index >= 15 is 0 Å². The lowest BCUT2D eigenvalue weighted by atomic mass is 9.97. The number of phenolic OH excluding ortho intramolecular Hbond substituents is 1. The van der Waals surface area contributed by atoms with Crippen LogP contribution < -0.4 is 10.6 Å². The SMILES string of the molecule is [C-]#[N+]C(=C)C(=O)N1CC(n2nc(-c3cc(O)cc(F)c3)c3c(N)ncnc32)Cc2ccccc21. The number of carbonyl (C=O) groups is 1. The minimum atomic E-state index is -0.630. The highest BCUT2D eigenvalue weighted by atomic mass is 19.1. The normalized spacial score (nSPS) is 15.1. The molecule has 0 radical (unpaired) electrons. The molecule has 10 heteroatoms. The van der Waals surface area contributed by atoms with Crippen LogP contribution in [0.1, 0.15) is 11.6 Å². The minimum Gasteiger partial charge on any atom is -0.508 e. The number of hydrogen-bond donors (Lipinski definition) is 2. The van der Waals surface area contributed by atoms with Gasteiger partial charge in [-0.25, -0.2) is 23.9 Å². The van der Waals surface area contributed by atoms with Crippen molar-refractivity contribution in [3.8, 4) is 17.0 Å². The monoisotopic (exact) mass is 455 g/mol. The second kappa shape index (κ2) is 7.97. The summed E-state index contributed by atoms with van der Waals surface area (Å²) in [6, 6.07) is 10.7. The molecule has 0 aliphatic carbocycles. The molecule has 2 aromatic carbocycles. The van der Waals surface area contributed by atoms with E-state index in [1.165, 1.54) is 23.4 Å². The number of anilines is 2. The third kappa shape index (κ3) is 3.40. The number of carbonyl (C=O) groups excluding carboxylic acids is 1. The molecular formula is C24H18FN7O2. The van der Waals surface area contributed by atoms with Gasteiger partial charge in [0.05, 0.1) is 18.0 Å². The molecule has 1 atom stereocenters. The zero-order valence-electron chi connectivity index (χ0n) is 17.8. The Labute approximate surface area is 193 Å². The molecule has 0 bridgehead atoms. The van der Waals surface area contributed by atoms with Gasteiger partial charge in [-0.3, -0.25) is 4.79 Å². The van der Waals surface area contributed by atoms with Crippen LogP contribution in [0.5, 0.6) is 5.75 Å². The summed E-state index contributed by atoms with van der Waals surface area (Å²) in [5.74, 6) is -1.23. The van der Waals surface area contributed by atoms with Crippen LogP contribution in [0, 0.1) is 12.4 Å². The van der Waals surface area contributed by atoms with Crippen LogP contribution in [-0.4, -0.2) is 37.3 Å². The van der Waals surface area contributed by atoms with Crippen molar-refractivity contribution in [1.82, 2.24) is 19.7 Å². The molecule has 0 saturated carbocycles. The number of nitrogen functional groups attached to an aromatic ring is 1. The quantitative estimate of drug-likeness (QED) is 0.361. The van der Waals surface area contributed by atoms with E-state index in [2.05, 4.69) is 21.4 Å². The highest BCUT2D eigenvalue weighted by molar-refractivity contribution is 6.07. The Bertz CT molecular complexity index is 1500. The number of aromatic hydroxyl groups is 1. The number of nitrogens with two attached hydrogens (primary N) is 1. The molecular weight excluding hydrogens is 437 g/mol. The summed E-state index contributed by atoms with van der Waals surface area (Å²) in [6.07, 6.45) is 1.84. The zero-order valence-corrected chi connectivity index (χ0v) is 17.8. The molecule has 2 aromatic heterocycles. The van der Waals surface area contributed by atoms with Crippen molar-refractivity contribution in [3.05, 3.63) is 83.9 Å². The molecule has 1 aliphatic heterocycles. The van der Waals surface area contributed by atoms with E-state index in [-0.39, 0.29) is 29.9 Å². The maximum Gasteiger partial charge on any atom is 0.256 e. The number of phenols is 1. The number of rotatable bonds is 3. The summed E-state index contributed by atoms with van der Waals surface area (Å²) < 4.78 is 15.7. The highest BCUT2D eigenvalue weighted by Gasteiger charge is 2.33. The van der Waals surface area contributed by atoms with E-state index in [4.69, 9.17) is 17.4 Å². The van der Waals surface area contributed by atoms with Gasteiger partial charge in [-0.1, -0.05) is 24.8 Å². The first-order valence-corrected chi connectivity index (χ1v) is 10.3. The van der Waals surface area contributed by atoms with Crippen LogP contribution in [-0.2, 0) is 11.2 Å². The van der Waals surface area contributed by atoms with Crippen molar-refractivity contribution in [3.63, 3.8) is 0 Å². The van der Waals surface area contributed by atoms with Gasteiger partial charge in [0.15, 0.2) is 5.65 Å². The number of fused-ring (bicyclic) bond motifs is 2. The summed E-state index contributed by atoms with van der Waals surface area (Å²) in [5, 5.41) is 15.0. The lowest BCUT2D eigenvalue weighted by Gasteiger charge is -2.34. The fourth-order valence-electron chi connectivity index (χ4n) is 4.30. The van der Waals surface area contributed by atoms with Gasteiger partial charge >= 0.3 is 0 Å². The first-order valence-electron chi connectivity index (χ1n) is 10.3. The van der Waals surface area contributed by atoms with Crippen LogP contribution in [0.25, 0.3) is 27.1 Å². The van der Waals surface area contributed by atoms with Crippen molar-refractivity contribution in [2.45, 2.75) is 12.5 Å². The Morgan fingerprint density at radius 1 is 1.26 bits per heavy atom. The van der Waals surface area contributed by atoms with Crippen LogP contribution >= 0.6 is 0 Å². The second-order valence-electron chi connectivity index (χ2n) is 7.91. The van der Waals surface area contributed by atoms with Crippen LogP contribution in [0.4, 0.5) is 15.9 Å². The third-order valence-corrected chi connectivity index (χ3v) is 5.78. The zero-order chi connectivity index (χ0) is 24.0. The number of amides is 1. The standard InChI is InChI=1S/C24H18FN7O2/c1-13(27-2)24(34)31-11-17(8-14-5-3-4-6-19(14)31)32-23-20(22(26)28-12-29-23)21(30-32)15-7-16(25)10-18(33)9-15/h3-7,9-10,12,17,33H,1,8,11H2,(H2,26,28,29). The highest BCUT2D eigenvalue weighted by Crippen LogP contribution is 2.37. The molecule has 3 heterocycles. The number of nitrogens with zero attached hydrogens (tertiary/aromatic N) is 6. The third-order valence-electron chi connectivity index (χ3n) is 5.78. The maximum atomic E-state index is 14.1. The Hall–Kier alpha value is -4.78. The van der Waals surface area contributed by atoms with E-state index < -0.39 is 11.7 Å². The second-order valence-corrected chi connectivity index (χ2v) is 7.91. The number of halogens is 1. The van der Waals surface area contributed by atoms with E-state index in [1.54, 1.807) is 4.68 Å². The van der Waals surface area contributed by atoms with Crippen LogP contribution in [0.3, 0.4) is 0 Å². The molecule has 1 aliphatic rings. The van der Waals surface area contributed by atoms with Gasteiger partial charge in [0, 0.05) is 23.9 Å². The van der Waals surface area contributed by atoms with Gasteiger partial charge in [-0.2, -0.15) is 5.10 Å². The van der Waals surface area contributed by atoms with Crippen molar-refractivity contribution >= 4 is 28.4 Å². The molecule has 1 amide bonds. The average molecular weight is 455 g/mol. The van der Waals surface area contributed by atoms with Crippen molar-refractivity contribution in [2.24, 2.45) is 0 Å². The van der Waals surface area contributed by atoms with Crippen LogP contribution in [0.2, 0.25) is 0 Å². The topological polar surface area (TPSA) is 115 Å². The fourth-order valence-corrected chi connectivity index (χ4v) is 4.30. The van der Waals surface area contributed by atoms with Gasteiger partial charge in [0.25, 0.3) is 5.91 Å². The van der Waals surface area contributed by atoms with Gasteiger partial charge in [0.2, 0.25) is 5.70 Å². The van der Waals surface area contributed by atoms with E-state index in [1.807, 2.05) is 24.3 Å². The lowest BCUT2D eigenvalue weighted by Crippen LogP contribution is -2.41. The smallest absolute Gasteiger partial charge is 0.256 e. The summed E-state index contributed by atoms with van der Waals surface area (Å²) in [5.41, 5.74) is 8.59. The summed E-state index contributed by atoms with van der Waals surface area (Å²) in [7, 11) is 0. The van der Waals surface area contributed by atoms with Gasteiger partial charge < -0.3 is 15.7 Å². The molecule has 9 nitrogen and oxygen atoms in total. The van der Waals surface area contributed by atoms with Gasteiger partial charge in [-0.15, -0.1) is 0 Å². The van der Waals surface area contributed by atoms with Gasteiger partial charge in [0.1, 0.15) is 29.4 Å². The number of hydrogen-bond acceptors (Lipinski definition) is 6. The molecule has 0 fully saturated rings. The lowest BCUT2D eigenvalue weighted by molar-refractivity contribution is -0.115. The van der Waals surface area contributed by atoms with Crippen molar-refractivity contribution in [2.75, 3.05) is 17.2 Å². The van der Waals surface area contributed by atoms with E-state index in [0.717, 1.165) is 11.6 Å². The molecule has 0 saturated heterocycles. The Morgan fingerprint density at radius 2 is 2.06 bits per heavy atom. The molecule has 0 spiro atoms. The van der Waals surface area contributed by atoms with Crippen molar-refractivity contribution in [1.29, 1.82) is 0 Å². The summed E-state index contributed by atoms with van der Waals surface area (Å²) in [6.45, 7) is 11.0. The molecule has 34 heavy (non-hydrogen) atoms. The van der Waals surface area contributed by atoms with Gasteiger partial charge in [-0.05, 0) is 30.2 Å². The molecule has 3 N–H and O–H groups in total. The number of aromatic nitrogens is 4. The Kier molecular flexibility index (Phi) is 4.94. The number of benzene rings is 2. The van der Waals surface area contributed by atoms with E-state index in [9.17, 15) is 14.3 Å². The first-order chi connectivity index (χ1) is 16.4.